The third-order valence-electron chi connectivity index (χ3n) is 5.32. The zero-order valence-corrected chi connectivity index (χ0v) is 17.3. The van der Waals surface area contributed by atoms with Gasteiger partial charge >= 0.3 is 0 Å². The molecule has 1 saturated heterocycles. The highest BCUT2D eigenvalue weighted by molar-refractivity contribution is 7.91. The normalized spacial score (nSPS) is 29.2. The molecule has 3 rings (SSSR count). The number of carbonyl (C=O) groups is 1. The summed E-state index contributed by atoms with van der Waals surface area (Å²) in [6.07, 6.45) is 2.23. The second-order valence-corrected chi connectivity index (χ2v) is 11.7. The molecule has 1 amide bonds. The van der Waals surface area contributed by atoms with Gasteiger partial charge in [0.25, 0.3) is 0 Å². The van der Waals surface area contributed by atoms with Gasteiger partial charge in [-0.25, -0.2) is 8.42 Å². The van der Waals surface area contributed by atoms with E-state index < -0.39 is 9.84 Å². The summed E-state index contributed by atoms with van der Waals surface area (Å²) in [5.74, 6) is -0.0430. The second kappa shape index (κ2) is 6.87. The van der Waals surface area contributed by atoms with Gasteiger partial charge in [0.1, 0.15) is 4.49 Å². The van der Waals surface area contributed by atoms with Crippen molar-refractivity contribution < 1.29 is 13.2 Å². The molecule has 1 aromatic rings. The lowest BCUT2D eigenvalue weighted by Gasteiger charge is -2.28. The third kappa shape index (κ3) is 4.07. The molecule has 25 heavy (non-hydrogen) atoms. The molecule has 0 spiro atoms. The molecule has 2 fully saturated rings. The molecule has 0 bridgehead atoms. The summed E-state index contributed by atoms with van der Waals surface area (Å²) in [5, 5.41) is 1.96. The molecule has 0 aromatic carbocycles. The number of hydrogen-bond donors (Lipinski definition) is 0. The first-order valence-electron chi connectivity index (χ1n) is 8.18. The molecule has 4 nitrogen and oxygen atoms in total. The van der Waals surface area contributed by atoms with Crippen LogP contribution in [0.3, 0.4) is 0 Å². The Hall–Kier alpha value is -0.560. The number of thiophene rings is 1. The van der Waals surface area contributed by atoms with Crippen molar-refractivity contribution in [1.29, 1.82) is 0 Å². The molecular formula is C17H21Cl2NO3S2. The van der Waals surface area contributed by atoms with Gasteiger partial charge in [-0.3, -0.25) is 4.79 Å². The molecule has 2 heterocycles. The van der Waals surface area contributed by atoms with Crippen LogP contribution >= 0.6 is 34.5 Å². The Morgan fingerprint density at radius 3 is 2.68 bits per heavy atom. The quantitative estimate of drug-likeness (QED) is 0.724. The maximum Gasteiger partial charge on any atom is 0.227 e. The Balaban J connectivity index is 1.84. The molecule has 1 aliphatic heterocycles. The minimum absolute atomic E-state index is 0.00340. The summed E-state index contributed by atoms with van der Waals surface area (Å²) >= 11 is 13.2. The van der Waals surface area contributed by atoms with Gasteiger partial charge in [-0.2, -0.15) is 0 Å². The minimum Gasteiger partial charge on any atom is -0.333 e. The van der Waals surface area contributed by atoms with E-state index in [0.717, 1.165) is 4.88 Å². The molecule has 138 valence electrons. The van der Waals surface area contributed by atoms with Crippen molar-refractivity contribution in [3.05, 3.63) is 33.0 Å². The van der Waals surface area contributed by atoms with Crippen LogP contribution in [0.5, 0.6) is 0 Å². The number of nitrogens with zero attached hydrogens (tertiary/aromatic N) is 1. The van der Waals surface area contributed by atoms with Gasteiger partial charge in [0.15, 0.2) is 9.84 Å². The molecule has 1 aliphatic carbocycles. The molecule has 3 atom stereocenters. The summed E-state index contributed by atoms with van der Waals surface area (Å²) in [7, 11) is -3.06. The molecule has 0 radical (unpaired) electrons. The second-order valence-electron chi connectivity index (χ2n) is 7.38. The Labute approximate surface area is 162 Å². The predicted octanol–water partition coefficient (Wildman–Crippen LogP) is 3.86. The lowest BCUT2D eigenvalue weighted by molar-refractivity contribution is -0.136. The van der Waals surface area contributed by atoms with Crippen LogP contribution in [0, 0.1) is 17.3 Å². The van der Waals surface area contributed by atoms with Crippen LogP contribution < -0.4 is 0 Å². The molecule has 0 N–H and O–H groups in total. The van der Waals surface area contributed by atoms with Crippen molar-refractivity contribution in [2.45, 2.75) is 32.9 Å². The van der Waals surface area contributed by atoms with Crippen molar-refractivity contribution >= 4 is 50.3 Å². The fourth-order valence-corrected chi connectivity index (χ4v) is 6.46. The summed E-state index contributed by atoms with van der Waals surface area (Å²) in [6.45, 7) is 4.48. The van der Waals surface area contributed by atoms with E-state index in [1.807, 2.05) is 31.4 Å². The van der Waals surface area contributed by atoms with E-state index in [9.17, 15) is 13.2 Å². The molecule has 1 saturated carbocycles. The monoisotopic (exact) mass is 421 g/mol. The van der Waals surface area contributed by atoms with Gasteiger partial charge in [-0.05, 0) is 35.3 Å². The SMILES string of the molecule is CC1(C)[C@H](C=C(Cl)Cl)[C@H]1C(=O)N(Cc1cccs1)[C@H]1CCS(=O)(=O)C1. The van der Waals surface area contributed by atoms with Gasteiger partial charge in [-0.15, -0.1) is 11.3 Å². The molecule has 2 aliphatic rings. The number of carbonyl (C=O) groups excluding carboxylic acids is 1. The zero-order valence-electron chi connectivity index (χ0n) is 14.1. The molecule has 0 unspecified atom stereocenters. The number of sulfone groups is 1. The van der Waals surface area contributed by atoms with Crippen LogP contribution in [0.25, 0.3) is 0 Å². The fourth-order valence-electron chi connectivity index (χ4n) is 3.75. The average molecular weight is 422 g/mol. The van der Waals surface area contributed by atoms with Crippen molar-refractivity contribution in [2.75, 3.05) is 11.5 Å². The lowest BCUT2D eigenvalue weighted by Crippen LogP contribution is -2.42. The highest BCUT2D eigenvalue weighted by Crippen LogP contribution is 2.60. The van der Waals surface area contributed by atoms with Crippen molar-refractivity contribution in [3.8, 4) is 0 Å². The van der Waals surface area contributed by atoms with E-state index in [4.69, 9.17) is 23.2 Å². The number of hydrogen-bond acceptors (Lipinski definition) is 4. The summed E-state index contributed by atoms with van der Waals surface area (Å²) in [4.78, 5) is 16.1. The zero-order chi connectivity index (χ0) is 18.4. The van der Waals surface area contributed by atoms with Crippen LogP contribution in [0.4, 0.5) is 0 Å². The van der Waals surface area contributed by atoms with E-state index in [2.05, 4.69) is 0 Å². The highest BCUT2D eigenvalue weighted by atomic mass is 35.5. The van der Waals surface area contributed by atoms with E-state index in [1.54, 1.807) is 22.3 Å². The van der Waals surface area contributed by atoms with Gasteiger partial charge in [0.05, 0.1) is 24.0 Å². The third-order valence-corrected chi connectivity index (χ3v) is 8.18. The molecule has 1 aromatic heterocycles. The van der Waals surface area contributed by atoms with Gasteiger partial charge in [0, 0.05) is 10.9 Å². The Morgan fingerprint density at radius 1 is 1.44 bits per heavy atom. The Kier molecular flexibility index (Phi) is 5.28. The van der Waals surface area contributed by atoms with Crippen LogP contribution in [-0.4, -0.2) is 36.8 Å². The van der Waals surface area contributed by atoms with Gasteiger partial charge < -0.3 is 4.90 Å². The standard InChI is InChI=1S/C17H21Cl2NO3S2/c1-17(2)13(8-14(18)19)15(17)16(21)20(9-12-4-3-6-24-12)11-5-7-25(22,23)10-11/h3-4,6,8,11,13,15H,5,7,9-10H2,1-2H3/t11-,13+,15-/m0/s1. The number of allylic oxidation sites excluding steroid dienone is 1. The maximum atomic E-state index is 13.3. The predicted molar refractivity (Wildman–Crippen MR) is 102 cm³/mol. The largest absolute Gasteiger partial charge is 0.333 e. The van der Waals surface area contributed by atoms with Crippen molar-refractivity contribution in [2.24, 2.45) is 17.3 Å². The van der Waals surface area contributed by atoms with Gasteiger partial charge in [-0.1, -0.05) is 43.1 Å². The first-order chi connectivity index (χ1) is 11.6. The number of amides is 1. The molecule has 8 heteroatoms. The van der Waals surface area contributed by atoms with E-state index >= 15 is 0 Å². The first kappa shape index (κ1) is 19.2. The van der Waals surface area contributed by atoms with Crippen LogP contribution in [0.15, 0.2) is 28.1 Å². The average Bonchev–Trinajstić information content (AvgIpc) is 2.93. The van der Waals surface area contributed by atoms with Gasteiger partial charge in [0.2, 0.25) is 5.91 Å². The summed E-state index contributed by atoms with van der Waals surface area (Å²) < 4.78 is 24.0. The molecular weight excluding hydrogens is 401 g/mol. The topological polar surface area (TPSA) is 54.5 Å². The Bertz CT molecular complexity index is 783. The van der Waals surface area contributed by atoms with Crippen LogP contribution in [0.2, 0.25) is 0 Å². The van der Waals surface area contributed by atoms with E-state index in [0.29, 0.717) is 13.0 Å². The van der Waals surface area contributed by atoms with Crippen LogP contribution in [-0.2, 0) is 21.2 Å². The smallest absolute Gasteiger partial charge is 0.227 e. The fraction of sp³-hybridized carbons (Fsp3) is 0.588. The highest BCUT2D eigenvalue weighted by Gasteiger charge is 2.62. The first-order valence-corrected chi connectivity index (χ1v) is 11.6. The van der Waals surface area contributed by atoms with Crippen LogP contribution in [0.1, 0.15) is 25.1 Å². The maximum absolute atomic E-state index is 13.3. The number of halogens is 2. The summed E-state index contributed by atoms with van der Waals surface area (Å²) in [5.41, 5.74) is -0.225. The number of rotatable bonds is 5. The lowest BCUT2D eigenvalue weighted by atomic mass is 10.1. The van der Waals surface area contributed by atoms with Crippen molar-refractivity contribution in [1.82, 2.24) is 4.90 Å². The summed E-state index contributed by atoms with van der Waals surface area (Å²) in [6, 6.07) is 3.65. The van der Waals surface area contributed by atoms with E-state index in [1.165, 1.54) is 0 Å². The van der Waals surface area contributed by atoms with E-state index in [-0.39, 0.29) is 45.2 Å². The Morgan fingerprint density at radius 2 is 2.16 bits per heavy atom. The van der Waals surface area contributed by atoms with Crippen molar-refractivity contribution in [3.63, 3.8) is 0 Å². The minimum atomic E-state index is -3.06.